The van der Waals surface area contributed by atoms with E-state index in [9.17, 15) is 4.79 Å². The average molecular weight is 410 g/mol. The van der Waals surface area contributed by atoms with E-state index in [1.54, 1.807) is 0 Å². The Morgan fingerprint density at radius 1 is 1.07 bits per heavy atom. The minimum atomic E-state index is -2.02. The van der Waals surface area contributed by atoms with E-state index >= 15 is 0 Å². The molecule has 2 atom stereocenters. The third-order valence-electron chi connectivity index (χ3n) is 5.88. The summed E-state index contributed by atoms with van der Waals surface area (Å²) in [5.41, 5.74) is 2.57. The Morgan fingerprint density at radius 2 is 1.69 bits per heavy atom. The van der Waals surface area contributed by atoms with Crippen LogP contribution in [0.5, 0.6) is 0 Å². The molecule has 0 saturated heterocycles. The summed E-state index contributed by atoms with van der Waals surface area (Å²) < 4.78 is 12.7. The Labute approximate surface area is 175 Å². The van der Waals surface area contributed by atoms with E-state index in [1.165, 1.54) is 0 Å². The first-order chi connectivity index (χ1) is 13.6. The molecule has 2 aromatic carbocycles. The van der Waals surface area contributed by atoms with Gasteiger partial charge in [0, 0.05) is 16.7 Å². The second-order valence-corrected chi connectivity index (χ2v) is 13.8. The number of Topliss-reactive ketones (excluding diaryl/α,β-unsaturated/α-hetero) is 1. The van der Waals surface area contributed by atoms with Crippen molar-refractivity contribution in [3.05, 3.63) is 71.3 Å². The highest BCUT2D eigenvalue weighted by molar-refractivity contribution is 6.74. The summed E-state index contributed by atoms with van der Waals surface area (Å²) in [5, 5.41) is 0.0797. The molecule has 0 saturated carbocycles. The van der Waals surface area contributed by atoms with Gasteiger partial charge in [-0.3, -0.25) is 4.79 Å². The minimum absolute atomic E-state index is 0.0259. The second kappa shape index (κ2) is 8.25. The third-order valence-corrected chi connectivity index (χ3v) is 10.3. The zero-order chi connectivity index (χ0) is 21.2. The van der Waals surface area contributed by atoms with Gasteiger partial charge in [-0.05, 0) is 30.6 Å². The van der Waals surface area contributed by atoms with Crippen molar-refractivity contribution in [2.75, 3.05) is 0 Å². The maximum atomic E-state index is 12.9. The predicted molar refractivity (Wildman–Crippen MR) is 120 cm³/mol. The highest BCUT2D eigenvalue weighted by Gasteiger charge is 2.41. The number of hydrogen-bond donors (Lipinski definition) is 0. The van der Waals surface area contributed by atoms with E-state index < -0.39 is 14.4 Å². The van der Waals surface area contributed by atoms with Crippen molar-refractivity contribution in [1.29, 1.82) is 0 Å². The van der Waals surface area contributed by atoms with Crippen molar-refractivity contribution >= 4 is 20.0 Å². The number of carbonyl (C=O) groups is 1. The number of benzene rings is 2. The van der Waals surface area contributed by atoms with Crippen molar-refractivity contribution < 1.29 is 14.0 Å². The number of nitrogens with zero attached hydrogens (tertiary/aromatic N) is 1. The largest absolute Gasteiger partial charge is 0.466 e. The van der Waals surface area contributed by atoms with E-state index in [1.807, 2.05) is 61.5 Å². The number of fused-ring (bicyclic) bond motifs is 1. The van der Waals surface area contributed by atoms with Crippen molar-refractivity contribution in [3.8, 4) is 0 Å². The van der Waals surface area contributed by atoms with Crippen LogP contribution in [-0.4, -0.2) is 26.1 Å². The molecule has 1 aliphatic heterocycles. The van der Waals surface area contributed by atoms with E-state index in [0.717, 1.165) is 11.1 Å². The molecule has 1 heterocycles. The van der Waals surface area contributed by atoms with Gasteiger partial charge in [-0.25, -0.2) is 4.99 Å². The van der Waals surface area contributed by atoms with E-state index in [0.29, 0.717) is 17.9 Å². The molecule has 2 aromatic rings. The summed E-state index contributed by atoms with van der Waals surface area (Å²) in [5.74, 6) is 0.475. The molecule has 0 fully saturated rings. The quantitative estimate of drug-likeness (QED) is 0.425. The fourth-order valence-corrected chi connectivity index (χ4v) is 4.13. The first kappa shape index (κ1) is 21.5. The predicted octanol–water partition coefficient (Wildman–Crippen LogP) is 6.15. The third kappa shape index (κ3) is 4.51. The van der Waals surface area contributed by atoms with Crippen LogP contribution in [0, 0.1) is 0 Å². The first-order valence-electron chi connectivity index (χ1n) is 10.2. The lowest BCUT2D eigenvalue weighted by atomic mass is 10.0. The molecule has 0 amide bonds. The van der Waals surface area contributed by atoms with Gasteiger partial charge in [0.1, 0.15) is 0 Å². The minimum Gasteiger partial charge on any atom is -0.466 e. The lowest BCUT2D eigenvalue weighted by Crippen LogP contribution is -2.41. The Kier molecular flexibility index (Phi) is 6.10. The number of ether oxygens (including phenoxy) is 1. The van der Waals surface area contributed by atoms with Crippen LogP contribution in [0.4, 0.5) is 0 Å². The molecule has 154 valence electrons. The van der Waals surface area contributed by atoms with Gasteiger partial charge in [-0.2, -0.15) is 0 Å². The van der Waals surface area contributed by atoms with Gasteiger partial charge in [0.05, 0.1) is 0 Å². The molecule has 0 bridgehead atoms. The molecule has 4 nitrogen and oxygen atoms in total. The van der Waals surface area contributed by atoms with Crippen LogP contribution in [-0.2, 0) is 9.16 Å². The highest BCUT2D eigenvalue weighted by atomic mass is 28.4. The van der Waals surface area contributed by atoms with Crippen LogP contribution in [0.1, 0.15) is 61.8 Å². The standard InChI is InChI=1S/C24H31NO3Si/c1-7-20(21(26)17-13-9-8-10-14-17)27-22-18-15-11-12-16-19(18)23(25-22)28-29(5,6)24(2,3)4/h8-16,20,23H,7H2,1-6H3/t20-,23-/m0/s1. The molecule has 5 heteroatoms. The van der Waals surface area contributed by atoms with Crippen molar-refractivity contribution in [2.45, 2.75) is 64.6 Å². The molecule has 0 N–H and O–H groups in total. The molecule has 0 unspecified atom stereocenters. The zero-order valence-electron chi connectivity index (χ0n) is 18.2. The van der Waals surface area contributed by atoms with Gasteiger partial charge < -0.3 is 9.16 Å². The Bertz CT molecular complexity index is 900. The molecule has 1 aliphatic rings. The van der Waals surface area contributed by atoms with Crippen molar-refractivity contribution in [2.24, 2.45) is 4.99 Å². The van der Waals surface area contributed by atoms with E-state index in [4.69, 9.17) is 14.2 Å². The van der Waals surface area contributed by atoms with Crippen LogP contribution in [0.3, 0.4) is 0 Å². The number of ketones is 1. The molecule has 0 aliphatic carbocycles. The number of aliphatic imine (C=N–C) groups is 1. The van der Waals surface area contributed by atoms with E-state index in [2.05, 4.69) is 33.9 Å². The summed E-state index contributed by atoms with van der Waals surface area (Å²) in [6.07, 6.45) is -0.384. The monoisotopic (exact) mass is 409 g/mol. The van der Waals surface area contributed by atoms with Gasteiger partial charge in [0.15, 0.2) is 20.6 Å². The van der Waals surface area contributed by atoms with Crippen LogP contribution in [0.15, 0.2) is 59.6 Å². The van der Waals surface area contributed by atoms with Crippen LogP contribution in [0.2, 0.25) is 18.1 Å². The summed E-state index contributed by atoms with van der Waals surface area (Å²) in [7, 11) is -2.02. The summed E-state index contributed by atoms with van der Waals surface area (Å²) in [6, 6.07) is 17.3. The molecule has 3 rings (SSSR count). The van der Waals surface area contributed by atoms with Gasteiger partial charge in [0.25, 0.3) is 0 Å². The molecule has 0 radical (unpaired) electrons. The van der Waals surface area contributed by atoms with Gasteiger partial charge in [-0.1, -0.05) is 76.2 Å². The molecule has 0 aromatic heterocycles. The highest BCUT2D eigenvalue weighted by Crippen LogP contribution is 2.42. The normalized spacial score (nSPS) is 17.4. The molecular formula is C24H31NO3Si. The zero-order valence-corrected chi connectivity index (χ0v) is 19.2. The number of carbonyl (C=O) groups excluding carboxylic acids is 1. The average Bonchev–Trinajstić information content (AvgIpc) is 3.02. The summed E-state index contributed by atoms with van der Waals surface area (Å²) in [4.78, 5) is 17.7. The molecular weight excluding hydrogens is 378 g/mol. The SMILES string of the molecule is CC[C@H](OC1=N[C@@H](O[Si](C)(C)C(C)(C)C)c2ccccc21)C(=O)c1ccccc1. The van der Waals surface area contributed by atoms with Crippen LogP contribution < -0.4 is 0 Å². The number of hydrogen-bond acceptors (Lipinski definition) is 4. The fourth-order valence-electron chi connectivity index (χ4n) is 3.04. The first-order valence-corrected chi connectivity index (χ1v) is 13.2. The van der Waals surface area contributed by atoms with Crippen LogP contribution in [0.25, 0.3) is 0 Å². The summed E-state index contributed by atoms with van der Waals surface area (Å²) in [6.45, 7) is 13.0. The van der Waals surface area contributed by atoms with Crippen LogP contribution >= 0.6 is 0 Å². The summed E-state index contributed by atoms with van der Waals surface area (Å²) >= 11 is 0. The Balaban J connectivity index is 1.87. The number of rotatable bonds is 6. The van der Waals surface area contributed by atoms with E-state index in [-0.39, 0.29) is 17.0 Å². The second-order valence-electron chi connectivity index (χ2n) is 9.00. The van der Waals surface area contributed by atoms with Gasteiger partial charge in [0.2, 0.25) is 11.7 Å². The van der Waals surface area contributed by atoms with Crippen molar-refractivity contribution in [1.82, 2.24) is 0 Å². The fraction of sp³-hybridized carbons (Fsp3) is 0.417. The lowest BCUT2D eigenvalue weighted by Gasteiger charge is -2.37. The lowest BCUT2D eigenvalue weighted by molar-refractivity contribution is 0.0764. The maximum Gasteiger partial charge on any atom is 0.220 e. The van der Waals surface area contributed by atoms with Crippen molar-refractivity contribution in [3.63, 3.8) is 0 Å². The van der Waals surface area contributed by atoms with Gasteiger partial charge >= 0.3 is 0 Å². The Morgan fingerprint density at radius 3 is 2.31 bits per heavy atom. The topological polar surface area (TPSA) is 47.9 Å². The smallest absolute Gasteiger partial charge is 0.220 e. The molecule has 0 spiro atoms. The van der Waals surface area contributed by atoms with Gasteiger partial charge in [-0.15, -0.1) is 0 Å². The maximum absolute atomic E-state index is 12.9. The Hall–Kier alpha value is -2.24. The molecule has 29 heavy (non-hydrogen) atoms.